The normalized spacial score (nSPS) is 12.8. The second-order valence-corrected chi connectivity index (χ2v) is 3.86. The largest absolute Gasteiger partial charge is 0.466 e. The summed E-state index contributed by atoms with van der Waals surface area (Å²) in [6, 6.07) is 11.2. The van der Waals surface area contributed by atoms with Crippen LogP contribution in [0.4, 0.5) is 0 Å². The molecule has 0 aliphatic carbocycles. The van der Waals surface area contributed by atoms with E-state index in [0.29, 0.717) is 5.76 Å². The third-order valence-electron chi connectivity index (χ3n) is 2.82. The van der Waals surface area contributed by atoms with Crippen molar-refractivity contribution in [3.63, 3.8) is 0 Å². The van der Waals surface area contributed by atoms with Crippen LogP contribution in [0, 0.1) is 0 Å². The second kappa shape index (κ2) is 4.03. The van der Waals surface area contributed by atoms with E-state index < -0.39 is 6.10 Å². The van der Waals surface area contributed by atoms with Gasteiger partial charge in [0.05, 0.1) is 6.26 Å². The Morgan fingerprint density at radius 2 is 2.06 bits per heavy atom. The Bertz CT molecular complexity index is 626. The van der Waals surface area contributed by atoms with Crippen LogP contribution >= 0.6 is 0 Å². The first-order valence-electron chi connectivity index (χ1n) is 5.40. The van der Waals surface area contributed by atoms with E-state index in [0.717, 1.165) is 16.3 Å². The third-order valence-corrected chi connectivity index (χ3v) is 2.82. The number of aliphatic hydroxyl groups is 1. The molecule has 0 spiro atoms. The molecule has 0 radical (unpaired) electrons. The van der Waals surface area contributed by atoms with Crippen LogP contribution in [0.3, 0.4) is 0 Å². The predicted molar refractivity (Wildman–Crippen MR) is 64.5 cm³/mol. The smallest absolute Gasteiger partial charge is 0.137 e. The lowest BCUT2D eigenvalue weighted by molar-refractivity contribution is 0.191. The molecule has 3 heteroatoms. The van der Waals surface area contributed by atoms with Crippen molar-refractivity contribution in [1.29, 1.82) is 0 Å². The van der Waals surface area contributed by atoms with E-state index in [1.807, 2.05) is 24.3 Å². The van der Waals surface area contributed by atoms with Crippen molar-refractivity contribution in [2.75, 3.05) is 0 Å². The quantitative estimate of drug-likeness (QED) is 0.729. The SMILES string of the molecule is OC(c1ccco1)c1cccc2cnccc12. The van der Waals surface area contributed by atoms with E-state index >= 15 is 0 Å². The maximum Gasteiger partial charge on any atom is 0.137 e. The highest BCUT2D eigenvalue weighted by molar-refractivity contribution is 5.85. The zero-order valence-electron chi connectivity index (χ0n) is 9.08. The highest BCUT2D eigenvalue weighted by atomic mass is 16.4. The highest BCUT2D eigenvalue weighted by Gasteiger charge is 2.15. The summed E-state index contributed by atoms with van der Waals surface area (Å²) in [7, 11) is 0. The number of benzene rings is 1. The summed E-state index contributed by atoms with van der Waals surface area (Å²) in [5, 5.41) is 12.3. The van der Waals surface area contributed by atoms with Crippen molar-refractivity contribution in [2.24, 2.45) is 0 Å². The van der Waals surface area contributed by atoms with E-state index in [1.54, 1.807) is 30.8 Å². The van der Waals surface area contributed by atoms with Crippen LogP contribution in [0.2, 0.25) is 0 Å². The molecule has 0 saturated carbocycles. The van der Waals surface area contributed by atoms with Crippen molar-refractivity contribution in [1.82, 2.24) is 4.98 Å². The molecule has 84 valence electrons. The molecule has 1 aromatic carbocycles. The molecular formula is C14H11NO2. The van der Waals surface area contributed by atoms with E-state index in [4.69, 9.17) is 4.42 Å². The molecule has 0 bridgehead atoms. The van der Waals surface area contributed by atoms with Crippen molar-refractivity contribution < 1.29 is 9.52 Å². The summed E-state index contributed by atoms with van der Waals surface area (Å²) in [6.07, 6.45) is 4.33. The molecule has 0 amide bonds. The van der Waals surface area contributed by atoms with Crippen LogP contribution in [-0.2, 0) is 0 Å². The summed E-state index contributed by atoms with van der Waals surface area (Å²) in [5.74, 6) is 0.550. The monoisotopic (exact) mass is 225 g/mol. The van der Waals surface area contributed by atoms with Gasteiger partial charge in [-0.3, -0.25) is 4.98 Å². The fourth-order valence-electron chi connectivity index (χ4n) is 1.99. The number of hydrogen-bond donors (Lipinski definition) is 1. The van der Waals surface area contributed by atoms with Gasteiger partial charge in [0, 0.05) is 17.8 Å². The molecule has 3 rings (SSSR count). The van der Waals surface area contributed by atoms with Gasteiger partial charge in [-0.15, -0.1) is 0 Å². The lowest BCUT2D eigenvalue weighted by atomic mass is 10.0. The van der Waals surface area contributed by atoms with Gasteiger partial charge in [-0.1, -0.05) is 18.2 Å². The highest BCUT2D eigenvalue weighted by Crippen LogP contribution is 2.28. The topological polar surface area (TPSA) is 46.3 Å². The van der Waals surface area contributed by atoms with Crippen molar-refractivity contribution >= 4 is 10.8 Å². The predicted octanol–water partition coefficient (Wildman–Crippen LogP) is 2.91. The minimum absolute atomic E-state index is 0.550. The second-order valence-electron chi connectivity index (χ2n) is 3.86. The molecule has 17 heavy (non-hydrogen) atoms. The first-order valence-corrected chi connectivity index (χ1v) is 5.40. The van der Waals surface area contributed by atoms with Crippen LogP contribution in [0.5, 0.6) is 0 Å². The van der Waals surface area contributed by atoms with Crippen molar-refractivity contribution in [2.45, 2.75) is 6.10 Å². The molecule has 0 aliphatic heterocycles. The fourth-order valence-corrected chi connectivity index (χ4v) is 1.99. The minimum Gasteiger partial charge on any atom is -0.466 e. The molecule has 1 unspecified atom stereocenters. The molecule has 0 saturated heterocycles. The molecule has 2 heterocycles. The standard InChI is InChI=1S/C14H11NO2/c16-14(13-5-2-8-17-13)12-4-1-3-10-9-15-7-6-11(10)12/h1-9,14,16H. The lowest BCUT2D eigenvalue weighted by Crippen LogP contribution is -1.98. The number of furan rings is 1. The summed E-state index contributed by atoms with van der Waals surface area (Å²) < 4.78 is 5.23. The summed E-state index contributed by atoms with van der Waals surface area (Å²) in [6.45, 7) is 0. The number of aromatic nitrogens is 1. The van der Waals surface area contributed by atoms with Crippen LogP contribution in [0.25, 0.3) is 10.8 Å². The van der Waals surface area contributed by atoms with E-state index in [9.17, 15) is 5.11 Å². The Kier molecular flexibility index (Phi) is 2.38. The maximum atomic E-state index is 10.3. The lowest BCUT2D eigenvalue weighted by Gasteiger charge is -2.11. The van der Waals surface area contributed by atoms with Crippen molar-refractivity contribution in [3.8, 4) is 0 Å². The Morgan fingerprint density at radius 1 is 1.12 bits per heavy atom. The molecule has 3 aromatic rings. The molecule has 3 nitrogen and oxygen atoms in total. The molecule has 0 fully saturated rings. The van der Waals surface area contributed by atoms with Gasteiger partial charge in [-0.2, -0.15) is 0 Å². The average Bonchev–Trinajstić information content (AvgIpc) is 2.91. The van der Waals surface area contributed by atoms with E-state index in [-0.39, 0.29) is 0 Å². The van der Waals surface area contributed by atoms with Gasteiger partial charge in [0.1, 0.15) is 11.9 Å². The Morgan fingerprint density at radius 3 is 2.88 bits per heavy atom. The first kappa shape index (κ1) is 10.1. The first-order chi connectivity index (χ1) is 8.36. The van der Waals surface area contributed by atoms with Crippen LogP contribution in [0.1, 0.15) is 17.4 Å². The summed E-state index contributed by atoms with van der Waals surface area (Å²) in [4.78, 5) is 4.07. The summed E-state index contributed by atoms with van der Waals surface area (Å²) >= 11 is 0. The zero-order valence-corrected chi connectivity index (χ0v) is 9.08. The fraction of sp³-hybridized carbons (Fsp3) is 0.0714. The van der Waals surface area contributed by atoms with Gasteiger partial charge in [-0.25, -0.2) is 0 Å². The van der Waals surface area contributed by atoms with Crippen molar-refractivity contribution in [3.05, 3.63) is 66.4 Å². The molecule has 0 aliphatic rings. The van der Waals surface area contributed by atoms with Crippen LogP contribution in [-0.4, -0.2) is 10.1 Å². The number of nitrogens with zero attached hydrogens (tertiary/aromatic N) is 1. The Labute approximate surface area is 98.3 Å². The Hall–Kier alpha value is -2.13. The van der Waals surface area contributed by atoms with E-state index in [2.05, 4.69) is 4.98 Å². The molecular weight excluding hydrogens is 214 g/mol. The van der Waals surface area contributed by atoms with Crippen LogP contribution in [0.15, 0.2) is 59.5 Å². The average molecular weight is 225 g/mol. The van der Waals surface area contributed by atoms with Gasteiger partial charge in [-0.05, 0) is 29.1 Å². The number of aliphatic hydroxyl groups excluding tert-OH is 1. The Balaban J connectivity index is 2.17. The van der Waals surface area contributed by atoms with Gasteiger partial charge < -0.3 is 9.52 Å². The number of rotatable bonds is 2. The molecule has 2 aromatic heterocycles. The number of hydrogen-bond acceptors (Lipinski definition) is 3. The number of pyridine rings is 1. The van der Waals surface area contributed by atoms with Gasteiger partial charge in [0.25, 0.3) is 0 Å². The molecule has 1 N–H and O–H groups in total. The van der Waals surface area contributed by atoms with Gasteiger partial charge in [0.2, 0.25) is 0 Å². The van der Waals surface area contributed by atoms with E-state index in [1.165, 1.54) is 0 Å². The third kappa shape index (κ3) is 1.70. The summed E-state index contributed by atoms with van der Waals surface area (Å²) in [5.41, 5.74) is 0.833. The molecule has 1 atom stereocenters. The minimum atomic E-state index is -0.740. The maximum absolute atomic E-state index is 10.3. The van der Waals surface area contributed by atoms with Gasteiger partial charge >= 0.3 is 0 Å². The van der Waals surface area contributed by atoms with Crippen LogP contribution < -0.4 is 0 Å². The number of fused-ring (bicyclic) bond motifs is 1. The van der Waals surface area contributed by atoms with Gasteiger partial charge in [0.15, 0.2) is 0 Å². The zero-order chi connectivity index (χ0) is 11.7.